The van der Waals surface area contributed by atoms with E-state index >= 15 is 0 Å². The van der Waals surface area contributed by atoms with Crippen LogP contribution >= 0.6 is 0 Å². The summed E-state index contributed by atoms with van der Waals surface area (Å²) < 4.78 is 5.65. The van der Waals surface area contributed by atoms with Gasteiger partial charge in [-0.25, -0.2) is 4.79 Å². The molecule has 8 heteroatoms. The minimum Gasteiger partial charge on any atom is -0.366 e. The Hall–Kier alpha value is -1.70. The molecule has 0 bridgehead atoms. The fraction of sp³-hybridized carbons (Fsp3) is 0.846. The summed E-state index contributed by atoms with van der Waals surface area (Å²) in [4.78, 5) is 15.5. The van der Waals surface area contributed by atoms with Crippen molar-refractivity contribution in [2.75, 3.05) is 19.7 Å². The zero-order chi connectivity index (χ0) is 14.7. The van der Waals surface area contributed by atoms with E-state index < -0.39 is 0 Å². The van der Waals surface area contributed by atoms with E-state index in [1.807, 2.05) is 0 Å². The van der Waals surface area contributed by atoms with Gasteiger partial charge in [-0.05, 0) is 18.1 Å². The summed E-state index contributed by atoms with van der Waals surface area (Å²) in [6.45, 7) is 1.58. The molecular weight excluding hydrogens is 272 g/mol. The van der Waals surface area contributed by atoms with Crippen LogP contribution < -0.4 is 5.32 Å². The first-order valence-corrected chi connectivity index (χ1v) is 7.63. The first-order valence-electron chi connectivity index (χ1n) is 7.63. The van der Waals surface area contributed by atoms with Gasteiger partial charge in [0.25, 0.3) is 0 Å². The van der Waals surface area contributed by atoms with Crippen molar-refractivity contribution < 1.29 is 9.53 Å². The van der Waals surface area contributed by atoms with E-state index in [9.17, 15) is 4.79 Å². The van der Waals surface area contributed by atoms with Crippen LogP contribution in [0.15, 0.2) is 0 Å². The lowest BCUT2D eigenvalue weighted by Crippen LogP contribution is -2.50. The standard InChI is InChI=1S/C13H22N6O2/c1-18-16-12(15-17-18)11-9-19(7-8-21-11)13(20)14-10-5-3-2-4-6-10/h10-11H,2-9H2,1H3,(H,14,20). The largest absolute Gasteiger partial charge is 0.366 e. The fourth-order valence-electron chi connectivity index (χ4n) is 2.93. The number of carbonyl (C=O) groups is 1. The SMILES string of the molecule is Cn1nnc(C2CN(C(=O)NC3CCCCC3)CCO2)n1. The number of hydrogen-bond acceptors (Lipinski definition) is 5. The number of ether oxygens (including phenoxy) is 1. The third kappa shape index (κ3) is 3.49. The van der Waals surface area contributed by atoms with Crippen LogP contribution in [0.5, 0.6) is 0 Å². The van der Waals surface area contributed by atoms with Crippen molar-refractivity contribution >= 4 is 6.03 Å². The highest BCUT2D eigenvalue weighted by molar-refractivity contribution is 5.74. The van der Waals surface area contributed by atoms with Gasteiger partial charge >= 0.3 is 6.03 Å². The number of amides is 2. The van der Waals surface area contributed by atoms with Gasteiger partial charge in [-0.2, -0.15) is 4.80 Å². The maximum Gasteiger partial charge on any atom is 0.317 e. The number of nitrogens with zero attached hydrogens (tertiary/aromatic N) is 5. The Bertz CT molecular complexity index is 485. The number of urea groups is 1. The molecule has 21 heavy (non-hydrogen) atoms. The molecule has 1 saturated carbocycles. The molecule has 2 heterocycles. The van der Waals surface area contributed by atoms with Crippen LogP contribution in [-0.4, -0.2) is 56.9 Å². The third-order valence-electron chi connectivity index (χ3n) is 4.10. The fourth-order valence-corrected chi connectivity index (χ4v) is 2.93. The molecule has 1 aromatic rings. The molecule has 1 atom stereocenters. The van der Waals surface area contributed by atoms with Crippen molar-refractivity contribution in [1.82, 2.24) is 30.4 Å². The number of hydrogen-bond donors (Lipinski definition) is 1. The van der Waals surface area contributed by atoms with Crippen molar-refractivity contribution in [2.45, 2.75) is 44.2 Å². The van der Waals surface area contributed by atoms with Crippen molar-refractivity contribution in [3.63, 3.8) is 0 Å². The summed E-state index contributed by atoms with van der Waals surface area (Å²) in [5, 5.41) is 15.1. The summed E-state index contributed by atoms with van der Waals surface area (Å²) in [7, 11) is 1.72. The molecule has 2 aliphatic rings. The first kappa shape index (κ1) is 14.2. The van der Waals surface area contributed by atoms with Crippen LogP contribution in [0.3, 0.4) is 0 Å². The van der Waals surface area contributed by atoms with Crippen LogP contribution in [0, 0.1) is 0 Å². The Labute approximate surface area is 123 Å². The molecular formula is C13H22N6O2. The number of carbonyl (C=O) groups excluding carboxylic acids is 1. The van der Waals surface area contributed by atoms with Gasteiger partial charge < -0.3 is 15.0 Å². The molecule has 8 nitrogen and oxygen atoms in total. The second kappa shape index (κ2) is 6.38. The summed E-state index contributed by atoms with van der Waals surface area (Å²) in [5.41, 5.74) is 0. The second-order valence-corrected chi connectivity index (χ2v) is 5.73. The van der Waals surface area contributed by atoms with Crippen LogP contribution in [0.4, 0.5) is 4.79 Å². The van der Waals surface area contributed by atoms with Gasteiger partial charge in [0.15, 0.2) is 0 Å². The molecule has 1 aliphatic heterocycles. The molecule has 1 aromatic heterocycles. The second-order valence-electron chi connectivity index (χ2n) is 5.73. The molecule has 0 spiro atoms. The van der Waals surface area contributed by atoms with E-state index in [4.69, 9.17) is 4.74 Å². The molecule has 1 unspecified atom stereocenters. The zero-order valence-electron chi connectivity index (χ0n) is 12.4. The van der Waals surface area contributed by atoms with Crippen LogP contribution in [-0.2, 0) is 11.8 Å². The molecule has 0 radical (unpaired) electrons. The predicted octanol–water partition coefficient (Wildman–Crippen LogP) is 0.626. The molecule has 1 saturated heterocycles. The normalized spacial score (nSPS) is 24.0. The highest BCUT2D eigenvalue weighted by atomic mass is 16.5. The molecule has 116 valence electrons. The van der Waals surface area contributed by atoms with E-state index in [2.05, 4.69) is 20.7 Å². The van der Waals surface area contributed by atoms with E-state index in [1.165, 1.54) is 24.1 Å². The minimum atomic E-state index is -0.287. The van der Waals surface area contributed by atoms with Gasteiger partial charge in [-0.15, -0.1) is 10.2 Å². The molecule has 2 amide bonds. The lowest BCUT2D eigenvalue weighted by molar-refractivity contribution is -0.0205. The number of nitrogens with one attached hydrogen (secondary N) is 1. The summed E-state index contributed by atoms with van der Waals surface area (Å²) >= 11 is 0. The molecule has 0 aromatic carbocycles. The van der Waals surface area contributed by atoms with Gasteiger partial charge in [-0.3, -0.25) is 0 Å². The Morgan fingerprint density at radius 2 is 2.14 bits per heavy atom. The average Bonchev–Trinajstić information content (AvgIpc) is 2.95. The minimum absolute atomic E-state index is 0.000842. The van der Waals surface area contributed by atoms with Crippen LogP contribution in [0.2, 0.25) is 0 Å². The van der Waals surface area contributed by atoms with Gasteiger partial charge in [-0.1, -0.05) is 19.3 Å². The van der Waals surface area contributed by atoms with Crippen molar-refractivity contribution in [3.8, 4) is 0 Å². The van der Waals surface area contributed by atoms with Gasteiger partial charge in [0.2, 0.25) is 5.82 Å². The Morgan fingerprint density at radius 3 is 2.86 bits per heavy atom. The summed E-state index contributed by atoms with van der Waals surface area (Å²) in [5.74, 6) is 0.535. The zero-order valence-corrected chi connectivity index (χ0v) is 12.4. The Kier molecular flexibility index (Phi) is 4.33. The smallest absolute Gasteiger partial charge is 0.317 e. The van der Waals surface area contributed by atoms with Crippen LogP contribution in [0.25, 0.3) is 0 Å². The van der Waals surface area contributed by atoms with Gasteiger partial charge in [0.1, 0.15) is 6.10 Å². The lowest BCUT2D eigenvalue weighted by Gasteiger charge is -2.33. The van der Waals surface area contributed by atoms with Gasteiger partial charge in [0, 0.05) is 12.6 Å². The Morgan fingerprint density at radius 1 is 1.33 bits per heavy atom. The van der Waals surface area contributed by atoms with Crippen molar-refractivity contribution in [2.24, 2.45) is 7.05 Å². The van der Waals surface area contributed by atoms with E-state index in [0.717, 1.165) is 12.8 Å². The average molecular weight is 294 g/mol. The molecule has 2 fully saturated rings. The van der Waals surface area contributed by atoms with E-state index in [1.54, 1.807) is 11.9 Å². The molecule has 1 aliphatic carbocycles. The van der Waals surface area contributed by atoms with Crippen LogP contribution in [0.1, 0.15) is 44.0 Å². The summed E-state index contributed by atoms with van der Waals surface area (Å²) in [6, 6.07) is 0.321. The number of rotatable bonds is 2. The first-order chi connectivity index (χ1) is 10.2. The highest BCUT2D eigenvalue weighted by Crippen LogP contribution is 2.20. The number of aromatic nitrogens is 4. The topological polar surface area (TPSA) is 85.2 Å². The summed E-state index contributed by atoms with van der Waals surface area (Å²) in [6.07, 6.45) is 5.59. The maximum absolute atomic E-state index is 12.3. The van der Waals surface area contributed by atoms with Crippen molar-refractivity contribution in [1.29, 1.82) is 0 Å². The number of tetrazole rings is 1. The van der Waals surface area contributed by atoms with E-state index in [0.29, 0.717) is 31.6 Å². The quantitative estimate of drug-likeness (QED) is 0.864. The number of aryl methyl sites for hydroxylation is 1. The van der Waals surface area contributed by atoms with Gasteiger partial charge in [0.05, 0.1) is 20.2 Å². The lowest BCUT2D eigenvalue weighted by atomic mass is 9.96. The van der Waals surface area contributed by atoms with E-state index in [-0.39, 0.29) is 12.1 Å². The Balaban J connectivity index is 1.56. The maximum atomic E-state index is 12.3. The van der Waals surface area contributed by atoms with Crippen molar-refractivity contribution in [3.05, 3.63) is 5.82 Å². The third-order valence-corrected chi connectivity index (χ3v) is 4.10. The monoisotopic (exact) mass is 294 g/mol. The number of morpholine rings is 1. The predicted molar refractivity (Wildman–Crippen MR) is 74.5 cm³/mol. The molecule has 1 N–H and O–H groups in total. The highest BCUT2D eigenvalue weighted by Gasteiger charge is 2.29. The molecule has 3 rings (SSSR count).